The normalized spacial score (nSPS) is 20.1. The standard InChI is InChI=1S/C25H23N3O5/c1-26(2)12-13-28-23(31)22(30)20(21(29)19-14-15-8-4-7-11-18(15)33-19)25(28)16-9-5-6-10-17(16)27(3)24(25)32/h4-11,14,30H,12-13H2,1-3H3. The van der Waals surface area contributed by atoms with E-state index in [2.05, 4.69) is 0 Å². The number of hydrogen-bond donors (Lipinski definition) is 1. The summed E-state index contributed by atoms with van der Waals surface area (Å²) in [6.07, 6.45) is 0. The zero-order valence-corrected chi connectivity index (χ0v) is 18.5. The molecule has 0 fully saturated rings. The van der Waals surface area contributed by atoms with Crippen LogP contribution < -0.4 is 4.90 Å². The first-order valence-corrected chi connectivity index (χ1v) is 10.6. The third-order valence-electron chi connectivity index (χ3n) is 6.37. The molecule has 1 aromatic heterocycles. The van der Waals surface area contributed by atoms with Gasteiger partial charge < -0.3 is 24.2 Å². The van der Waals surface area contributed by atoms with Crippen molar-refractivity contribution in [3.63, 3.8) is 0 Å². The Morgan fingerprint density at radius 2 is 1.79 bits per heavy atom. The highest BCUT2D eigenvalue weighted by Gasteiger charge is 2.65. The summed E-state index contributed by atoms with van der Waals surface area (Å²) < 4.78 is 5.75. The Morgan fingerprint density at radius 1 is 1.09 bits per heavy atom. The molecule has 1 unspecified atom stereocenters. The van der Waals surface area contributed by atoms with Gasteiger partial charge in [0.1, 0.15) is 5.58 Å². The first-order chi connectivity index (χ1) is 15.8. The van der Waals surface area contributed by atoms with Gasteiger partial charge in [-0.05, 0) is 32.3 Å². The number of para-hydroxylation sites is 2. The zero-order chi connectivity index (χ0) is 23.5. The van der Waals surface area contributed by atoms with Gasteiger partial charge in [-0.2, -0.15) is 0 Å². The van der Waals surface area contributed by atoms with Crippen LogP contribution in [-0.2, 0) is 15.1 Å². The lowest BCUT2D eigenvalue weighted by atomic mass is 9.81. The van der Waals surface area contributed by atoms with Gasteiger partial charge in [0, 0.05) is 36.8 Å². The summed E-state index contributed by atoms with van der Waals surface area (Å²) in [4.78, 5) is 45.6. The van der Waals surface area contributed by atoms with Gasteiger partial charge in [0.05, 0.1) is 5.57 Å². The Balaban J connectivity index is 1.74. The maximum atomic E-state index is 13.8. The van der Waals surface area contributed by atoms with Crippen molar-refractivity contribution < 1.29 is 23.9 Å². The van der Waals surface area contributed by atoms with E-state index in [1.165, 1.54) is 9.80 Å². The maximum Gasteiger partial charge on any atom is 0.290 e. The van der Waals surface area contributed by atoms with Gasteiger partial charge in [0.2, 0.25) is 5.78 Å². The summed E-state index contributed by atoms with van der Waals surface area (Å²) in [7, 11) is 5.29. The number of likely N-dealkylation sites (N-methyl/N-ethyl adjacent to an activating group) is 2. The molecule has 0 saturated carbocycles. The quantitative estimate of drug-likeness (QED) is 0.607. The summed E-state index contributed by atoms with van der Waals surface area (Å²) in [6, 6.07) is 15.7. The minimum absolute atomic E-state index is 0.0424. The van der Waals surface area contributed by atoms with E-state index in [-0.39, 0.29) is 17.9 Å². The average Bonchev–Trinajstić information content (AvgIpc) is 3.40. The molecular formula is C25H23N3O5. The monoisotopic (exact) mass is 445 g/mol. The second-order valence-electron chi connectivity index (χ2n) is 8.55. The van der Waals surface area contributed by atoms with Crippen LogP contribution in [-0.4, -0.2) is 66.7 Å². The summed E-state index contributed by atoms with van der Waals surface area (Å²) in [5, 5.41) is 11.7. The van der Waals surface area contributed by atoms with Gasteiger partial charge in [0.15, 0.2) is 17.1 Å². The van der Waals surface area contributed by atoms with Crippen LogP contribution in [0.3, 0.4) is 0 Å². The number of anilines is 1. The number of amides is 2. The fourth-order valence-electron chi connectivity index (χ4n) is 4.79. The lowest BCUT2D eigenvalue weighted by Crippen LogP contribution is -2.54. The number of rotatable bonds is 5. The molecule has 0 aliphatic carbocycles. The van der Waals surface area contributed by atoms with Crippen molar-refractivity contribution in [1.82, 2.24) is 9.80 Å². The Bertz CT molecular complexity index is 1320. The molecule has 0 bridgehead atoms. The number of aliphatic hydroxyl groups excluding tert-OH is 1. The van der Waals surface area contributed by atoms with Crippen LogP contribution in [0.25, 0.3) is 11.0 Å². The number of carbonyl (C=O) groups excluding carboxylic acids is 3. The first-order valence-electron chi connectivity index (χ1n) is 10.6. The Morgan fingerprint density at radius 3 is 2.52 bits per heavy atom. The van der Waals surface area contributed by atoms with Crippen molar-refractivity contribution in [3.05, 3.63) is 77.3 Å². The second kappa shape index (κ2) is 7.31. The zero-order valence-electron chi connectivity index (χ0n) is 18.5. The van der Waals surface area contributed by atoms with Crippen LogP contribution in [0, 0.1) is 0 Å². The first kappa shape index (κ1) is 21.0. The van der Waals surface area contributed by atoms with Crippen molar-refractivity contribution >= 4 is 34.3 Å². The number of aliphatic hydroxyl groups is 1. The molecule has 2 aliphatic heterocycles. The van der Waals surface area contributed by atoms with E-state index in [1.54, 1.807) is 55.6 Å². The molecule has 3 aromatic rings. The maximum absolute atomic E-state index is 13.8. The second-order valence-corrected chi connectivity index (χ2v) is 8.55. The molecule has 5 rings (SSSR count). The third kappa shape index (κ3) is 2.77. The smallest absolute Gasteiger partial charge is 0.290 e. The van der Waals surface area contributed by atoms with Gasteiger partial charge in [-0.25, -0.2) is 0 Å². The lowest BCUT2D eigenvalue weighted by molar-refractivity contribution is -0.139. The number of furan rings is 1. The van der Waals surface area contributed by atoms with Gasteiger partial charge >= 0.3 is 0 Å². The van der Waals surface area contributed by atoms with E-state index in [0.717, 1.165) is 0 Å². The Labute approximate surface area is 190 Å². The number of Topliss-reactive ketones (excluding diaryl/α,β-unsaturated/α-hetero) is 1. The van der Waals surface area contributed by atoms with E-state index in [4.69, 9.17) is 4.42 Å². The van der Waals surface area contributed by atoms with E-state index < -0.39 is 28.9 Å². The fraction of sp³-hybridized carbons (Fsp3) is 0.240. The number of benzene rings is 2. The van der Waals surface area contributed by atoms with Gasteiger partial charge in [-0.1, -0.05) is 36.4 Å². The Kier molecular flexibility index (Phi) is 4.65. The molecule has 33 heavy (non-hydrogen) atoms. The average molecular weight is 445 g/mol. The molecule has 168 valence electrons. The van der Waals surface area contributed by atoms with Crippen LogP contribution in [0.1, 0.15) is 16.1 Å². The highest BCUT2D eigenvalue weighted by atomic mass is 16.3. The number of hydrogen-bond acceptors (Lipinski definition) is 6. The van der Waals surface area contributed by atoms with Crippen LogP contribution >= 0.6 is 0 Å². The molecule has 8 heteroatoms. The number of ketones is 1. The molecule has 2 aliphatic rings. The van der Waals surface area contributed by atoms with Crippen molar-refractivity contribution in [2.45, 2.75) is 5.54 Å². The highest BCUT2D eigenvalue weighted by Crippen LogP contribution is 2.53. The van der Waals surface area contributed by atoms with Crippen molar-refractivity contribution in [2.75, 3.05) is 39.1 Å². The molecule has 3 heterocycles. The number of carbonyl (C=O) groups is 3. The van der Waals surface area contributed by atoms with E-state index >= 15 is 0 Å². The van der Waals surface area contributed by atoms with Crippen molar-refractivity contribution in [3.8, 4) is 0 Å². The summed E-state index contributed by atoms with van der Waals surface area (Å²) >= 11 is 0. The van der Waals surface area contributed by atoms with Crippen molar-refractivity contribution in [2.24, 2.45) is 0 Å². The molecule has 1 atom stereocenters. The lowest BCUT2D eigenvalue weighted by Gasteiger charge is -2.36. The third-order valence-corrected chi connectivity index (χ3v) is 6.37. The van der Waals surface area contributed by atoms with Crippen LogP contribution in [0.4, 0.5) is 5.69 Å². The molecule has 0 saturated heterocycles. The van der Waals surface area contributed by atoms with Gasteiger partial charge in [-0.15, -0.1) is 0 Å². The predicted molar refractivity (Wildman–Crippen MR) is 122 cm³/mol. The van der Waals surface area contributed by atoms with Gasteiger partial charge in [0.25, 0.3) is 11.8 Å². The predicted octanol–water partition coefficient (Wildman–Crippen LogP) is 2.70. The SMILES string of the molecule is CN(C)CCN1C(=O)C(O)=C(C(=O)c2cc3ccccc3o2)C12C(=O)N(C)c1ccccc12. The molecule has 0 radical (unpaired) electrons. The van der Waals surface area contributed by atoms with Crippen LogP contribution in [0.5, 0.6) is 0 Å². The van der Waals surface area contributed by atoms with E-state index in [9.17, 15) is 19.5 Å². The highest BCUT2D eigenvalue weighted by molar-refractivity contribution is 6.26. The van der Waals surface area contributed by atoms with Gasteiger partial charge in [-0.3, -0.25) is 14.4 Å². The molecule has 1 spiro atoms. The Hall–Kier alpha value is -3.91. The van der Waals surface area contributed by atoms with Crippen LogP contribution in [0.15, 0.2) is 70.3 Å². The van der Waals surface area contributed by atoms with E-state index in [0.29, 0.717) is 28.8 Å². The summed E-state index contributed by atoms with van der Waals surface area (Å²) in [5.41, 5.74) is -0.479. The minimum atomic E-state index is -1.77. The number of nitrogens with zero attached hydrogens (tertiary/aromatic N) is 3. The fourth-order valence-corrected chi connectivity index (χ4v) is 4.79. The summed E-state index contributed by atoms with van der Waals surface area (Å²) in [5.74, 6) is -2.69. The minimum Gasteiger partial charge on any atom is -0.503 e. The molecular weight excluding hydrogens is 422 g/mol. The molecule has 2 aromatic carbocycles. The molecule has 1 N–H and O–H groups in total. The topological polar surface area (TPSA) is 94.3 Å². The number of fused-ring (bicyclic) bond motifs is 3. The molecule has 2 amide bonds. The van der Waals surface area contributed by atoms with Crippen LogP contribution in [0.2, 0.25) is 0 Å². The van der Waals surface area contributed by atoms with Crippen molar-refractivity contribution in [1.29, 1.82) is 0 Å². The largest absolute Gasteiger partial charge is 0.503 e. The molecule has 8 nitrogen and oxygen atoms in total. The summed E-state index contributed by atoms with van der Waals surface area (Å²) in [6.45, 7) is 0.576. The van der Waals surface area contributed by atoms with E-state index in [1.807, 2.05) is 25.1 Å².